The van der Waals surface area contributed by atoms with Gasteiger partial charge in [0.2, 0.25) is 5.91 Å². The number of fused-ring (bicyclic) bond motifs is 1. The van der Waals surface area contributed by atoms with Gasteiger partial charge in [0.15, 0.2) is 0 Å². The second-order valence-electron chi connectivity index (χ2n) is 5.79. The molecule has 1 amide bonds. The summed E-state index contributed by atoms with van der Waals surface area (Å²) < 4.78 is 1.44. The van der Waals surface area contributed by atoms with Crippen LogP contribution in [0.3, 0.4) is 0 Å². The normalized spacial score (nSPS) is 17.2. The summed E-state index contributed by atoms with van der Waals surface area (Å²) in [7, 11) is 0. The van der Waals surface area contributed by atoms with Crippen LogP contribution in [0.4, 0.5) is 0 Å². The molecule has 1 aromatic carbocycles. The Morgan fingerprint density at radius 3 is 2.83 bits per heavy atom. The van der Waals surface area contributed by atoms with Crippen molar-refractivity contribution in [3.63, 3.8) is 0 Å². The Bertz CT molecular complexity index is 824. The Morgan fingerprint density at radius 1 is 1.29 bits per heavy atom. The van der Waals surface area contributed by atoms with Crippen LogP contribution in [0.5, 0.6) is 0 Å². The highest BCUT2D eigenvalue weighted by Gasteiger charge is 2.15. The van der Waals surface area contributed by atoms with Gasteiger partial charge in [-0.05, 0) is 31.5 Å². The van der Waals surface area contributed by atoms with Crippen molar-refractivity contribution in [2.24, 2.45) is 0 Å². The lowest BCUT2D eigenvalue weighted by atomic mass is 10.1. The predicted molar refractivity (Wildman–Crippen MR) is 94.7 cm³/mol. The molecule has 1 saturated heterocycles. The Labute approximate surface area is 144 Å². The lowest BCUT2D eigenvalue weighted by Crippen LogP contribution is -2.46. The zero-order valence-corrected chi connectivity index (χ0v) is 14.0. The van der Waals surface area contributed by atoms with Crippen LogP contribution in [0, 0.1) is 0 Å². The molecule has 0 spiro atoms. The van der Waals surface area contributed by atoms with Crippen LogP contribution in [0.15, 0.2) is 33.9 Å². The van der Waals surface area contributed by atoms with Crippen molar-refractivity contribution in [3.8, 4) is 0 Å². The quantitative estimate of drug-likeness (QED) is 0.740. The van der Waals surface area contributed by atoms with Crippen LogP contribution in [0.1, 0.15) is 19.3 Å². The largest absolute Gasteiger partial charge is 0.352 e. The Balaban J connectivity index is 0.00000208. The number of nitrogens with zero attached hydrogens (tertiary/aromatic N) is 1. The number of halogens is 1. The number of benzene rings is 1. The summed E-state index contributed by atoms with van der Waals surface area (Å²) in [6, 6.07) is 7.05. The maximum absolute atomic E-state index is 12.1. The molecule has 1 aromatic heterocycles. The van der Waals surface area contributed by atoms with E-state index in [-0.39, 0.29) is 37.3 Å². The van der Waals surface area contributed by atoms with E-state index in [2.05, 4.69) is 15.6 Å². The summed E-state index contributed by atoms with van der Waals surface area (Å²) in [5.74, 6) is -0.0825. The van der Waals surface area contributed by atoms with Gasteiger partial charge in [-0.1, -0.05) is 12.1 Å². The molecule has 24 heavy (non-hydrogen) atoms. The van der Waals surface area contributed by atoms with Crippen molar-refractivity contribution in [1.29, 1.82) is 0 Å². The van der Waals surface area contributed by atoms with E-state index in [1.165, 1.54) is 4.57 Å². The molecule has 0 unspecified atom stereocenters. The molecule has 7 nitrogen and oxygen atoms in total. The molecule has 2 aromatic rings. The van der Waals surface area contributed by atoms with Gasteiger partial charge in [0.05, 0.1) is 10.9 Å². The number of carbonyl (C=O) groups is 1. The molecule has 0 aliphatic carbocycles. The molecule has 0 radical (unpaired) electrons. The topological polar surface area (TPSA) is 96.0 Å². The molecule has 130 valence electrons. The van der Waals surface area contributed by atoms with Gasteiger partial charge < -0.3 is 10.6 Å². The fourth-order valence-corrected chi connectivity index (χ4v) is 2.95. The predicted octanol–water partition coefficient (Wildman–Crippen LogP) is 0.370. The number of hydrogen-bond donors (Lipinski definition) is 3. The number of nitrogens with one attached hydrogen (secondary N) is 3. The fourth-order valence-electron chi connectivity index (χ4n) is 2.95. The standard InChI is InChI=1S/C16H20N4O3.ClH/c21-14(18-11-4-3-8-17-10-11)7-9-20-13-6-2-1-5-12(13)15(22)19-16(20)23;/h1-2,5-6,11,17H,3-4,7-10H2,(H,18,21)(H,19,22,23);1H/t11-;/m0./s1. The lowest BCUT2D eigenvalue weighted by molar-refractivity contribution is -0.122. The molecular formula is C16H21ClN4O3. The summed E-state index contributed by atoms with van der Waals surface area (Å²) >= 11 is 0. The Kier molecular flexibility index (Phi) is 6.16. The monoisotopic (exact) mass is 352 g/mol. The van der Waals surface area contributed by atoms with Gasteiger partial charge in [-0.15, -0.1) is 12.4 Å². The number of rotatable bonds is 4. The Hall–Kier alpha value is -2.12. The maximum atomic E-state index is 12.1. The second kappa shape index (κ2) is 8.12. The first-order valence-electron chi connectivity index (χ1n) is 7.87. The smallest absolute Gasteiger partial charge is 0.328 e. The van der Waals surface area contributed by atoms with Crippen molar-refractivity contribution < 1.29 is 4.79 Å². The third-order valence-corrected chi connectivity index (χ3v) is 4.13. The van der Waals surface area contributed by atoms with Crippen molar-refractivity contribution >= 4 is 29.2 Å². The van der Waals surface area contributed by atoms with E-state index in [1.807, 2.05) is 0 Å². The van der Waals surface area contributed by atoms with E-state index in [0.29, 0.717) is 10.9 Å². The molecule has 0 bridgehead atoms. The molecule has 1 fully saturated rings. The number of carbonyl (C=O) groups excluding carboxylic acids is 1. The molecule has 1 aliphatic rings. The van der Waals surface area contributed by atoms with Crippen LogP contribution in [-0.4, -0.2) is 34.6 Å². The van der Waals surface area contributed by atoms with Crippen LogP contribution >= 0.6 is 12.4 Å². The minimum Gasteiger partial charge on any atom is -0.352 e. The number of piperidine rings is 1. The van der Waals surface area contributed by atoms with Crippen molar-refractivity contribution in [2.45, 2.75) is 31.8 Å². The lowest BCUT2D eigenvalue weighted by Gasteiger charge is -2.23. The number of aryl methyl sites for hydroxylation is 1. The van der Waals surface area contributed by atoms with Gasteiger partial charge >= 0.3 is 5.69 Å². The van der Waals surface area contributed by atoms with E-state index >= 15 is 0 Å². The number of aromatic nitrogens is 2. The van der Waals surface area contributed by atoms with Gasteiger partial charge in [-0.3, -0.25) is 19.1 Å². The number of aromatic amines is 1. The van der Waals surface area contributed by atoms with E-state index in [0.717, 1.165) is 25.9 Å². The highest BCUT2D eigenvalue weighted by atomic mass is 35.5. The molecule has 8 heteroatoms. The molecule has 0 saturated carbocycles. The van der Waals surface area contributed by atoms with Crippen LogP contribution in [0.25, 0.3) is 10.9 Å². The SMILES string of the molecule is Cl.O=C(CCn1c(=O)[nH]c(=O)c2ccccc21)N[C@H]1CCCNC1. The first kappa shape index (κ1) is 18.2. The highest BCUT2D eigenvalue weighted by Crippen LogP contribution is 2.07. The average Bonchev–Trinajstić information content (AvgIpc) is 2.55. The summed E-state index contributed by atoms with van der Waals surface area (Å²) in [6.45, 7) is 2.01. The van der Waals surface area contributed by atoms with Gasteiger partial charge in [-0.25, -0.2) is 4.79 Å². The van der Waals surface area contributed by atoms with Crippen LogP contribution < -0.4 is 21.9 Å². The molecule has 3 N–H and O–H groups in total. The van der Waals surface area contributed by atoms with E-state index in [4.69, 9.17) is 0 Å². The summed E-state index contributed by atoms with van der Waals surface area (Å²) in [5.41, 5.74) is -0.339. The Morgan fingerprint density at radius 2 is 2.08 bits per heavy atom. The van der Waals surface area contributed by atoms with E-state index < -0.39 is 11.2 Å². The van der Waals surface area contributed by atoms with Gasteiger partial charge in [0.25, 0.3) is 5.56 Å². The molecule has 1 atom stereocenters. The summed E-state index contributed by atoms with van der Waals surface area (Å²) in [5, 5.41) is 6.67. The summed E-state index contributed by atoms with van der Waals surface area (Å²) in [6.07, 6.45) is 2.22. The zero-order valence-electron chi connectivity index (χ0n) is 13.2. The first-order valence-corrected chi connectivity index (χ1v) is 7.87. The number of hydrogen-bond acceptors (Lipinski definition) is 4. The third-order valence-electron chi connectivity index (χ3n) is 4.13. The van der Waals surface area contributed by atoms with E-state index in [9.17, 15) is 14.4 Å². The van der Waals surface area contributed by atoms with Crippen molar-refractivity contribution in [1.82, 2.24) is 20.2 Å². The summed E-state index contributed by atoms with van der Waals surface area (Å²) in [4.78, 5) is 38.2. The highest BCUT2D eigenvalue weighted by molar-refractivity contribution is 5.85. The number of para-hydroxylation sites is 1. The molecule has 1 aliphatic heterocycles. The number of H-pyrrole nitrogens is 1. The van der Waals surface area contributed by atoms with Gasteiger partial charge in [0.1, 0.15) is 0 Å². The molecular weight excluding hydrogens is 332 g/mol. The van der Waals surface area contributed by atoms with Crippen molar-refractivity contribution in [2.75, 3.05) is 13.1 Å². The van der Waals surface area contributed by atoms with Crippen LogP contribution in [0.2, 0.25) is 0 Å². The molecule has 3 rings (SSSR count). The van der Waals surface area contributed by atoms with Crippen LogP contribution in [-0.2, 0) is 11.3 Å². The minimum atomic E-state index is -0.485. The van der Waals surface area contributed by atoms with Gasteiger partial charge in [-0.2, -0.15) is 0 Å². The molecule has 2 heterocycles. The first-order chi connectivity index (χ1) is 11.1. The fraction of sp³-hybridized carbons (Fsp3) is 0.438. The zero-order chi connectivity index (χ0) is 16.2. The number of amides is 1. The van der Waals surface area contributed by atoms with E-state index in [1.54, 1.807) is 24.3 Å². The second-order valence-corrected chi connectivity index (χ2v) is 5.79. The third kappa shape index (κ3) is 4.04. The van der Waals surface area contributed by atoms with Gasteiger partial charge in [0, 0.05) is 25.6 Å². The maximum Gasteiger partial charge on any atom is 0.328 e. The average molecular weight is 353 g/mol. The minimum absolute atomic E-state index is 0. The van der Waals surface area contributed by atoms with Crippen molar-refractivity contribution in [3.05, 3.63) is 45.1 Å².